The molecule has 1 aromatic heterocycles. The van der Waals surface area contributed by atoms with Crippen molar-refractivity contribution in [3.63, 3.8) is 0 Å². The highest BCUT2D eigenvalue weighted by Gasteiger charge is 2.25. The molecule has 0 saturated carbocycles. The number of rotatable bonds is 3. The van der Waals surface area contributed by atoms with Gasteiger partial charge >= 0.3 is 0 Å². The molecule has 0 spiro atoms. The molecule has 120 valence electrons. The standard InChI is InChI=1S/C11H17N3O4S2.ClH/c1-19(15,16)11-4-3-10(9-13-11)20(17,18)14-7-2-5-12-6-8-14;/h3-4,9,12H,2,5-8H2,1H3;1H. The maximum absolute atomic E-state index is 12.4. The van der Waals surface area contributed by atoms with E-state index in [9.17, 15) is 16.8 Å². The molecule has 0 unspecified atom stereocenters. The van der Waals surface area contributed by atoms with Crippen LogP contribution in [-0.2, 0) is 19.9 Å². The molecule has 2 rings (SSSR count). The third kappa shape index (κ3) is 4.36. The molecule has 21 heavy (non-hydrogen) atoms. The van der Waals surface area contributed by atoms with Crippen LogP contribution in [0.3, 0.4) is 0 Å². The average Bonchev–Trinajstić information content (AvgIpc) is 2.67. The second-order valence-electron chi connectivity index (χ2n) is 4.61. The Balaban J connectivity index is 0.00000220. The van der Waals surface area contributed by atoms with Gasteiger partial charge in [-0.1, -0.05) is 0 Å². The summed E-state index contributed by atoms with van der Waals surface area (Å²) in [5.74, 6) is 0. The molecule has 0 radical (unpaired) electrons. The number of pyridine rings is 1. The van der Waals surface area contributed by atoms with Crippen LogP contribution in [0.2, 0.25) is 0 Å². The van der Waals surface area contributed by atoms with Crippen molar-refractivity contribution in [2.24, 2.45) is 0 Å². The molecule has 0 aromatic carbocycles. The van der Waals surface area contributed by atoms with Gasteiger partial charge in [-0.15, -0.1) is 12.4 Å². The van der Waals surface area contributed by atoms with Gasteiger partial charge in [0.1, 0.15) is 4.90 Å². The minimum atomic E-state index is -3.61. The minimum Gasteiger partial charge on any atom is -0.315 e. The zero-order chi connectivity index (χ0) is 14.8. The predicted octanol–water partition coefficient (Wildman–Crippen LogP) is -0.109. The first-order valence-corrected chi connectivity index (χ1v) is 9.52. The second-order valence-corrected chi connectivity index (χ2v) is 8.51. The lowest BCUT2D eigenvalue weighted by atomic mass is 10.4. The molecule has 1 aromatic rings. The van der Waals surface area contributed by atoms with Crippen molar-refractivity contribution in [1.29, 1.82) is 0 Å². The average molecular weight is 356 g/mol. The van der Waals surface area contributed by atoms with E-state index in [1.807, 2.05) is 0 Å². The number of sulfonamides is 1. The Bertz CT molecular complexity index is 666. The molecule has 0 amide bonds. The summed E-state index contributed by atoms with van der Waals surface area (Å²) in [4.78, 5) is 3.75. The normalized spacial score (nSPS) is 17.8. The topological polar surface area (TPSA) is 96.4 Å². The van der Waals surface area contributed by atoms with E-state index in [1.165, 1.54) is 16.4 Å². The summed E-state index contributed by atoms with van der Waals surface area (Å²) in [6.45, 7) is 2.24. The van der Waals surface area contributed by atoms with Crippen LogP contribution in [0, 0.1) is 0 Å². The smallest absolute Gasteiger partial charge is 0.244 e. The van der Waals surface area contributed by atoms with Crippen LogP contribution < -0.4 is 5.32 Å². The lowest BCUT2D eigenvalue weighted by Gasteiger charge is -2.19. The van der Waals surface area contributed by atoms with E-state index in [-0.39, 0.29) is 22.3 Å². The Hall–Kier alpha value is -0.740. The Morgan fingerprint density at radius 3 is 2.43 bits per heavy atom. The zero-order valence-corrected chi connectivity index (χ0v) is 14.0. The highest BCUT2D eigenvalue weighted by atomic mass is 35.5. The lowest BCUT2D eigenvalue weighted by molar-refractivity contribution is 0.431. The van der Waals surface area contributed by atoms with Crippen molar-refractivity contribution >= 4 is 32.3 Å². The van der Waals surface area contributed by atoms with Gasteiger partial charge in [-0.25, -0.2) is 21.8 Å². The number of nitrogens with zero attached hydrogens (tertiary/aromatic N) is 2. The number of aromatic nitrogens is 1. The molecular formula is C11H18ClN3O4S2. The third-order valence-electron chi connectivity index (χ3n) is 3.03. The highest BCUT2D eigenvalue weighted by Crippen LogP contribution is 2.17. The molecule has 1 aliphatic heterocycles. The SMILES string of the molecule is CS(=O)(=O)c1ccc(S(=O)(=O)N2CCCNCC2)cn1.Cl. The van der Waals surface area contributed by atoms with Crippen LogP contribution in [0.1, 0.15) is 6.42 Å². The summed E-state index contributed by atoms with van der Waals surface area (Å²) >= 11 is 0. The molecule has 1 N–H and O–H groups in total. The van der Waals surface area contributed by atoms with Gasteiger partial charge in [0.2, 0.25) is 10.0 Å². The number of hydrogen-bond acceptors (Lipinski definition) is 6. The summed E-state index contributed by atoms with van der Waals surface area (Å²) < 4.78 is 48.8. The quantitative estimate of drug-likeness (QED) is 0.812. The summed E-state index contributed by atoms with van der Waals surface area (Å²) in [5, 5.41) is 3.00. The van der Waals surface area contributed by atoms with Crippen LogP contribution in [0.15, 0.2) is 28.3 Å². The van der Waals surface area contributed by atoms with E-state index in [1.54, 1.807) is 0 Å². The molecular weight excluding hydrogens is 338 g/mol. The number of hydrogen-bond donors (Lipinski definition) is 1. The van der Waals surface area contributed by atoms with E-state index < -0.39 is 19.9 Å². The van der Waals surface area contributed by atoms with Crippen molar-refractivity contribution in [1.82, 2.24) is 14.6 Å². The zero-order valence-electron chi connectivity index (χ0n) is 11.5. The van der Waals surface area contributed by atoms with Gasteiger partial charge in [0.25, 0.3) is 0 Å². The van der Waals surface area contributed by atoms with E-state index in [4.69, 9.17) is 0 Å². The molecule has 7 nitrogen and oxygen atoms in total. The molecule has 10 heteroatoms. The van der Waals surface area contributed by atoms with Crippen molar-refractivity contribution < 1.29 is 16.8 Å². The maximum atomic E-state index is 12.4. The molecule has 0 aliphatic carbocycles. The van der Waals surface area contributed by atoms with Crippen molar-refractivity contribution in [2.75, 3.05) is 32.4 Å². The van der Waals surface area contributed by atoms with E-state index in [2.05, 4.69) is 10.3 Å². The van der Waals surface area contributed by atoms with Gasteiger partial charge in [0.15, 0.2) is 14.9 Å². The van der Waals surface area contributed by atoms with Crippen molar-refractivity contribution in [3.8, 4) is 0 Å². The number of nitrogens with one attached hydrogen (secondary N) is 1. The maximum Gasteiger partial charge on any atom is 0.244 e. The van der Waals surface area contributed by atoms with Gasteiger partial charge in [0.05, 0.1) is 0 Å². The predicted molar refractivity (Wildman–Crippen MR) is 80.8 cm³/mol. The molecule has 1 aliphatic rings. The van der Waals surface area contributed by atoms with Crippen LogP contribution in [-0.4, -0.2) is 58.6 Å². The second kappa shape index (κ2) is 7.01. The Morgan fingerprint density at radius 1 is 1.14 bits per heavy atom. The fourth-order valence-corrected chi connectivity index (χ4v) is 3.93. The highest BCUT2D eigenvalue weighted by molar-refractivity contribution is 7.90. The van der Waals surface area contributed by atoms with Crippen LogP contribution in [0.4, 0.5) is 0 Å². The van der Waals surface area contributed by atoms with Crippen molar-refractivity contribution in [3.05, 3.63) is 18.3 Å². The van der Waals surface area contributed by atoms with Gasteiger partial charge in [-0.3, -0.25) is 0 Å². The van der Waals surface area contributed by atoms with E-state index in [0.717, 1.165) is 25.4 Å². The molecule has 1 fully saturated rings. The largest absolute Gasteiger partial charge is 0.315 e. The first-order valence-electron chi connectivity index (χ1n) is 6.19. The Kier molecular flexibility index (Phi) is 6.11. The fourth-order valence-electron chi connectivity index (χ4n) is 1.95. The first-order chi connectivity index (χ1) is 9.32. The monoisotopic (exact) mass is 355 g/mol. The van der Waals surface area contributed by atoms with Gasteiger partial charge in [-0.2, -0.15) is 4.31 Å². The minimum absolute atomic E-state index is 0. The number of sulfone groups is 1. The van der Waals surface area contributed by atoms with Gasteiger partial charge in [0, 0.05) is 32.1 Å². The fraction of sp³-hybridized carbons (Fsp3) is 0.545. The molecule has 0 atom stereocenters. The van der Waals surface area contributed by atoms with Crippen molar-refractivity contribution in [2.45, 2.75) is 16.3 Å². The van der Waals surface area contributed by atoms with E-state index in [0.29, 0.717) is 19.6 Å². The van der Waals surface area contributed by atoms with Gasteiger partial charge in [-0.05, 0) is 25.1 Å². The van der Waals surface area contributed by atoms with Crippen LogP contribution in [0.25, 0.3) is 0 Å². The molecule has 0 bridgehead atoms. The summed E-state index contributed by atoms with van der Waals surface area (Å²) in [6.07, 6.45) is 2.88. The summed E-state index contributed by atoms with van der Waals surface area (Å²) in [6, 6.07) is 2.51. The summed E-state index contributed by atoms with van der Waals surface area (Å²) in [5.41, 5.74) is 0. The van der Waals surface area contributed by atoms with Gasteiger partial charge < -0.3 is 5.32 Å². The summed E-state index contributed by atoms with van der Waals surface area (Å²) in [7, 11) is -7.04. The third-order valence-corrected chi connectivity index (χ3v) is 5.91. The Morgan fingerprint density at radius 2 is 1.86 bits per heavy atom. The molecule has 1 saturated heterocycles. The Labute approximate surface area is 131 Å². The van der Waals surface area contributed by atoms with Crippen LogP contribution in [0.5, 0.6) is 0 Å². The van der Waals surface area contributed by atoms with E-state index >= 15 is 0 Å². The first kappa shape index (κ1) is 18.3. The molecule has 2 heterocycles. The lowest BCUT2D eigenvalue weighted by Crippen LogP contribution is -2.34. The van der Waals surface area contributed by atoms with Crippen LogP contribution >= 0.6 is 12.4 Å². The number of halogens is 1.